The van der Waals surface area contributed by atoms with E-state index in [0.717, 1.165) is 0 Å². The first-order valence-electron chi connectivity index (χ1n) is 3.76. The van der Waals surface area contributed by atoms with Crippen LogP contribution in [0, 0.1) is 11.8 Å². The first-order chi connectivity index (χ1) is 6.27. The molecule has 0 amide bonds. The van der Waals surface area contributed by atoms with Crippen molar-refractivity contribution in [1.29, 1.82) is 0 Å². The zero-order valence-corrected chi connectivity index (χ0v) is 7.50. The van der Waals surface area contributed by atoms with Crippen LogP contribution in [0.1, 0.15) is 23.1 Å². The number of hydrogen-bond donors (Lipinski definition) is 0. The van der Waals surface area contributed by atoms with Gasteiger partial charge in [-0.25, -0.2) is 9.78 Å². The molecule has 1 rings (SSSR count). The molecule has 66 valence electrons. The molecule has 0 fully saturated rings. The highest BCUT2D eigenvalue weighted by Crippen LogP contribution is 1.99. The van der Waals surface area contributed by atoms with E-state index in [1.165, 1.54) is 7.11 Å². The number of nitrogens with zero attached hydrogens (tertiary/aromatic N) is 1. The normalized spacial score (nSPS) is 8.46. The van der Waals surface area contributed by atoms with Crippen LogP contribution < -0.4 is 0 Å². The predicted molar refractivity (Wildman–Crippen MR) is 48.1 cm³/mol. The molecule has 1 aromatic heterocycles. The lowest BCUT2D eigenvalue weighted by atomic mass is 10.3. The van der Waals surface area contributed by atoms with E-state index in [-0.39, 0.29) is 5.69 Å². The zero-order chi connectivity index (χ0) is 9.68. The number of carbonyl (C=O) groups excluding carboxylic acids is 1. The second kappa shape index (κ2) is 4.27. The number of carbonyl (C=O) groups is 1. The summed E-state index contributed by atoms with van der Waals surface area (Å²) < 4.78 is 4.52. The Morgan fingerprint density at radius 3 is 2.92 bits per heavy atom. The van der Waals surface area contributed by atoms with Crippen LogP contribution in [0.3, 0.4) is 0 Å². The van der Waals surface area contributed by atoms with Gasteiger partial charge in [-0.3, -0.25) is 0 Å². The molecule has 0 aliphatic rings. The molecule has 0 unspecified atom stereocenters. The summed E-state index contributed by atoms with van der Waals surface area (Å²) in [4.78, 5) is 15.0. The van der Waals surface area contributed by atoms with Crippen molar-refractivity contribution in [3.8, 4) is 11.8 Å². The maximum atomic E-state index is 11.0. The monoisotopic (exact) mass is 175 g/mol. The summed E-state index contributed by atoms with van der Waals surface area (Å²) in [5.74, 6) is 5.02. The van der Waals surface area contributed by atoms with Crippen LogP contribution in [0.4, 0.5) is 0 Å². The lowest BCUT2D eigenvalue weighted by Gasteiger charge is -1.97. The van der Waals surface area contributed by atoms with Gasteiger partial charge < -0.3 is 4.74 Å². The molecular weight excluding hydrogens is 166 g/mol. The van der Waals surface area contributed by atoms with Crippen LogP contribution in [-0.4, -0.2) is 18.1 Å². The van der Waals surface area contributed by atoms with Gasteiger partial charge in [0.1, 0.15) is 11.4 Å². The molecular formula is C10H9NO2. The number of methoxy groups -OCH3 is 1. The van der Waals surface area contributed by atoms with Crippen molar-refractivity contribution >= 4 is 5.97 Å². The van der Waals surface area contributed by atoms with Gasteiger partial charge in [-0.1, -0.05) is 12.0 Å². The van der Waals surface area contributed by atoms with E-state index >= 15 is 0 Å². The maximum Gasteiger partial charge on any atom is 0.356 e. The number of aromatic nitrogens is 1. The van der Waals surface area contributed by atoms with E-state index in [4.69, 9.17) is 0 Å². The number of ether oxygens (including phenoxy) is 1. The molecule has 0 aliphatic carbocycles. The Labute approximate surface area is 76.8 Å². The Kier molecular flexibility index (Phi) is 3.04. The fraction of sp³-hybridized carbons (Fsp3) is 0.200. The number of esters is 1. The van der Waals surface area contributed by atoms with Crippen LogP contribution in [0.5, 0.6) is 0 Å². The third-order valence-electron chi connectivity index (χ3n) is 1.40. The summed E-state index contributed by atoms with van der Waals surface area (Å²) in [5.41, 5.74) is 0.855. The van der Waals surface area contributed by atoms with E-state index in [2.05, 4.69) is 21.6 Å². The lowest BCUT2D eigenvalue weighted by molar-refractivity contribution is 0.0594. The highest BCUT2D eigenvalue weighted by Gasteiger charge is 2.05. The fourth-order valence-corrected chi connectivity index (χ4v) is 0.851. The van der Waals surface area contributed by atoms with Gasteiger partial charge in [0.05, 0.1) is 7.11 Å². The number of rotatable bonds is 1. The summed E-state index contributed by atoms with van der Waals surface area (Å²) in [6.45, 7) is 1.71. The zero-order valence-electron chi connectivity index (χ0n) is 7.50. The molecule has 3 nitrogen and oxygen atoms in total. The summed E-state index contributed by atoms with van der Waals surface area (Å²) in [5, 5.41) is 0. The summed E-state index contributed by atoms with van der Waals surface area (Å²) in [7, 11) is 1.32. The minimum atomic E-state index is -0.445. The molecule has 1 heterocycles. The standard InChI is InChI=1S/C10H9NO2/c1-3-5-8-6-4-7-9(11-8)10(12)13-2/h4,6-7H,1-2H3. The van der Waals surface area contributed by atoms with Crippen LogP contribution in [-0.2, 0) is 4.74 Å². The Hall–Kier alpha value is -1.82. The Morgan fingerprint density at radius 2 is 2.31 bits per heavy atom. The largest absolute Gasteiger partial charge is 0.464 e. The SMILES string of the molecule is CC#Cc1cccc(C(=O)OC)n1. The van der Waals surface area contributed by atoms with Gasteiger partial charge in [0.25, 0.3) is 0 Å². The number of pyridine rings is 1. The average Bonchev–Trinajstić information content (AvgIpc) is 2.18. The second-order valence-corrected chi connectivity index (χ2v) is 2.27. The molecule has 0 N–H and O–H groups in total. The van der Waals surface area contributed by atoms with Gasteiger partial charge in [0, 0.05) is 0 Å². The van der Waals surface area contributed by atoms with Crippen molar-refractivity contribution in [1.82, 2.24) is 4.98 Å². The topological polar surface area (TPSA) is 39.2 Å². The predicted octanol–water partition coefficient (Wildman–Crippen LogP) is 1.24. The third kappa shape index (κ3) is 2.31. The van der Waals surface area contributed by atoms with Crippen LogP contribution in [0.2, 0.25) is 0 Å². The molecule has 0 atom stereocenters. The molecule has 0 radical (unpaired) electrons. The van der Waals surface area contributed by atoms with Crippen molar-refractivity contribution in [2.45, 2.75) is 6.92 Å². The summed E-state index contributed by atoms with van der Waals surface area (Å²) in [6.07, 6.45) is 0. The van der Waals surface area contributed by atoms with Gasteiger partial charge in [-0.15, -0.1) is 0 Å². The molecule has 1 aromatic rings. The Morgan fingerprint density at radius 1 is 1.54 bits per heavy atom. The van der Waals surface area contributed by atoms with Crippen LogP contribution in [0.15, 0.2) is 18.2 Å². The maximum absolute atomic E-state index is 11.0. The Bertz CT molecular complexity index is 374. The third-order valence-corrected chi connectivity index (χ3v) is 1.40. The van der Waals surface area contributed by atoms with Gasteiger partial charge in [-0.05, 0) is 25.0 Å². The van der Waals surface area contributed by atoms with Crippen LogP contribution in [0.25, 0.3) is 0 Å². The molecule has 13 heavy (non-hydrogen) atoms. The average molecular weight is 175 g/mol. The first-order valence-corrected chi connectivity index (χ1v) is 3.76. The lowest BCUT2D eigenvalue weighted by Crippen LogP contribution is -2.04. The van der Waals surface area contributed by atoms with Crippen molar-refractivity contribution in [2.75, 3.05) is 7.11 Å². The molecule has 0 aromatic carbocycles. The van der Waals surface area contributed by atoms with E-state index < -0.39 is 5.97 Å². The van der Waals surface area contributed by atoms with E-state index in [9.17, 15) is 4.79 Å². The number of hydrogen-bond acceptors (Lipinski definition) is 3. The first kappa shape index (κ1) is 9.27. The minimum Gasteiger partial charge on any atom is -0.464 e. The summed E-state index contributed by atoms with van der Waals surface area (Å²) in [6, 6.07) is 5.05. The van der Waals surface area contributed by atoms with E-state index in [1.54, 1.807) is 25.1 Å². The molecule has 0 aliphatic heterocycles. The van der Waals surface area contributed by atoms with Crippen molar-refractivity contribution in [3.05, 3.63) is 29.6 Å². The summed E-state index contributed by atoms with van der Waals surface area (Å²) >= 11 is 0. The van der Waals surface area contributed by atoms with E-state index in [1.807, 2.05) is 0 Å². The smallest absolute Gasteiger partial charge is 0.356 e. The van der Waals surface area contributed by atoms with Crippen molar-refractivity contribution < 1.29 is 9.53 Å². The van der Waals surface area contributed by atoms with E-state index in [0.29, 0.717) is 5.69 Å². The fourth-order valence-electron chi connectivity index (χ4n) is 0.851. The van der Waals surface area contributed by atoms with Gasteiger partial charge >= 0.3 is 5.97 Å². The highest BCUT2D eigenvalue weighted by molar-refractivity contribution is 5.87. The van der Waals surface area contributed by atoms with Gasteiger partial charge in [0.2, 0.25) is 0 Å². The van der Waals surface area contributed by atoms with Gasteiger partial charge in [0.15, 0.2) is 0 Å². The quantitative estimate of drug-likeness (QED) is 0.476. The van der Waals surface area contributed by atoms with Gasteiger partial charge in [-0.2, -0.15) is 0 Å². The van der Waals surface area contributed by atoms with Crippen molar-refractivity contribution in [2.24, 2.45) is 0 Å². The minimum absolute atomic E-state index is 0.280. The second-order valence-electron chi connectivity index (χ2n) is 2.27. The molecule has 0 spiro atoms. The Balaban J connectivity index is 3.02. The highest BCUT2D eigenvalue weighted by atomic mass is 16.5. The molecule has 0 saturated carbocycles. The molecule has 0 saturated heterocycles. The van der Waals surface area contributed by atoms with Crippen LogP contribution >= 0.6 is 0 Å². The molecule has 3 heteroatoms. The molecule has 0 bridgehead atoms. The van der Waals surface area contributed by atoms with Crippen molar-refractivity contribution in [3.63, 3.8) is 0 Å².